The number of hydrogen-bond donors (Lipinski definition) is 1. The molecule has 0 bridgehead atoms. The zero-order valence-electron chi connectivity index (χ0n) is 17.6. The molecule has 0 atom stereocenters. The number of carbonyl (C=O) groups is 2. The molecule has 2 aliphatic heterocycles. The lowest BCUT2D eigenvalue weighted by Gasteiger charge is -2.40. The first-order valence-electron chi connectivity index (χ1n) is 10.5. The molecule has 0 saturated carbocycles. The summed E-state index contributed by atoms with van der Waals surface area (Å²) in [4.78, 5) is 32.2. The molecular weight excluding hydrogens is 479 g/mol. The van der Waals surface area contributed by atoms with Gasteiger partial charge in [-0.3, -0.25) is 9.20 Å². The van der Waals surface area contributed by atoms with E-state index in [9.17, 15) is 22.8 Å². The van der Waals surface area contributed by atoms with Crippen LogP contribution in [0, 0.1) is 0 Å². The molecule has 2 fully saturated rings. The van der Waals surface area contributed by atoms with Crippen molar-refractivity contribution in [2.45, 2.75) is 12.2 Å². The number of likely N-dealkylation sites (tertiary alicyclic amines) is 1. The molecule has 180 valence electrons. The fraction of sp³-hybridized carbons (Fsp3) is 0.381. The Morgan fingerprint density at radius 3 is 2.53 bits per heavy atom. The molecule has 13 heteroatoms. The lowest BCUT2D eigenvalue weighted by molar-refractivity contribution is -0.136. The largest absolute Gasteiger partial charge is 0.472 e. The summed E-state index contributed by atoms with van der Waals surface area (Å²) in [5, 5.41) is 2.61. The second-order valence-corrected chi connectivity index (χ2v) is 8.41. The van der Waals surface area contributed by atoms with Gasteiger partial charge in [0.05, 0.1) is 37.3 Å². The van der Waals surface area contributed by atoms with Crippen molar-refractivity contribution in [3.8, 4) is 11.1 Å². The standard InChI is InChI=1S/C21H19ClF3N5O4/c22-17-16(19(31)29-9-14(10-29)26-20(32)28-2-5-33-6-3-28)27-18-15(21(23,24)25)7-13(8-30(17)18)12-1-4-34-11-12/h1,4,7-8,11,14H,2-3,5-6,9-10H2,(H,26,32). The summed E-state index contributed by atoms with van der Waals surface area (Å²) in [6.07, 6.45) is -0.691. The molecule has 1 N–H and O–H groups in total. The van der Waals surface area contributed by atoms with Crippen molar-refractivity contribution in [3.05, 3.63) is 47.3 Å². The van der Waals surface area contributed by atoms with Gasteiger partial charge in [-0.25, -0.2) is 9.78 Å². The molecule has 2 saturated heterocycles. The fourth-order valence-electron chi connectivity index (χ4n) is 3.97. The number of amides is 3. The SMILES string of the molecule is O=C(NC1CN(C(=O)c2nc3c(C(F)(F)F)cc(-c4ccoc4)cn3c2Cl)C1)N1CCOCC1. The fourth-order valence-corrected chi connectivity index (χ4v) is 4.22. The highest BCUT2D eigenvalue weighted by Crippen LogP contribution is 2.37. The van der Waals surface area contributed by atoms with Gasteiger partial charge < -0.3 is 24.3 Å². The van der Waals surface area contributed by atoms with E-state index in [1.54, 1.807) is 4.90 Å². The van der Waals surface area contributed by atoms with Gasteiger partial charge in [0.25, 0.3) is 5.91 Å². The van der Waals surface area contributed by atoms with Crippen molar-refractivity contribution in [3.63, 3.8) is 0 Å². The Hall–Kier alpha value is -3.25. The van der Waals surface area contributed by atoms with Crippen LogP contribution in [0.3, 0.4) is 0 Å². The van der Waals surface area contributed by atoms with Crippen LogP contribution in [0.2, 0.25) is 5.15 Å². The Morgan fingerprint density at radius 1 is 1.15 bits per heavy atom. The number of alkyl halides is 3. The number of urea groups is 1. The predicted octanol–water partition coefficient (Wildman–Crippen LogP) is 3.13. The molecular formula is C21H19ClF3N5O4. The number of morpholine rings is 1. The summed E-state index contributed by atoms with van der Waals surface area (Å²) in [5.41, 5.74) is -1.14. The van der Waals surface area contributed by atoms with E-state index in [4.69, 9.17) is 20.8 Å². The number of aromatic nitrogens is 2. The highest BCUT2D eigenvalue weighted by molar-refractivity contribution is 6.33. The topological polar surface area (TPSA) is 92.3 Å². The first kappa shape index (κ1) is 22.5. The number of hydrogen-bond acceptors (Lipinski definition) is 5. The number of nitrogens with one attached hydrogen (secondary N) is 1. The van der Waals surface area contributed by atoms with Gasteiger partial charge in [0.15, 0.2) is 11.3 Å². The Balaban J connectivity index is 1.36. The second-order valence-electron chi connectivity index (χ2n) is 8.05. The first-order chi connectivity index (χ1) is 16.2. The molecule has 0 spiro atoms. The normalized spacial score (nSPS) is 17.2. The minimum absolute atomic E-state index is 0.200. The summed E-state index contributed by atoms with van der Waals surface area (Å²) >= 11 is 6.33. The van der Waals surface area contributed by atoms with E-state index in [0.717, 1.165) is 10.5 Å². The van der Waals surface area contributed by atoms with Crippen LogP contribution in [0.4, 0.5) is 18.0 Å². The van der Waals surface area contributed by atoms with E-state index in [1.165, 1.54) is 29.7 Å². The first-order valence-corrected chi connectivity index (χ1v) is 10.8. The molecule has 5 rings (SSSR count). The van der Waals surface area contributed by atoms with Crippen LogP contribution in [0.5, 0.6) is 0 Å². The van der Waals surface area contributed by atoms with Gasteiger partial charge in [-0.1, -0.05) is 11.6 Å². The van der Waals surface area contributed by atoms with E-state index in [0.29, 0.717) is 31.9 Å². The van der Waals surface area contributed by atoms with Crippen LogP contribution >= 0.6 is 11.6 Å². The molecule has 34 heavy (non-hydrogen) atoms. The van der Waals surface area contributed by atoms with Crippen molar-refractivity contribution in [1.82, 2.24) is 24.5 Å². The van der Waals surface area contributed by atoms with Crippen molar-refractivity contribution in [2.24, 2.45) is 0 Å². The second kappa shape index (κ2) is 8.51. The Bertz CT molecular complexity index is 1230. The summed E-state index contributed by atoms with van der Waals surface area (Å²) in [5.74, 6) is -0.608. The van der Waals surface area contributed by atoms with Crippen LogP contribution in [-0.2, 0) is 10.9 Å². The number of ether oxygens (including phenoxy) is 1. The monoisotopic (exact) mass is 497 g/mol. The summed E-state index contributed by atoms with van der Waals surface area (Å²) < 4.78 is 52.6. The maximum atomic E-state index is 13.8. The molecule has 5 heterocycles. The third-order valence-electron chi connectivity index (χ3n) is 5.82. The number of pyridine rings is 1. The third kappa shape index (κ3) is 4.07. The van der Waals surface area contributed by atoms with E-state index in [1.807, 2.05) is 0 Å². The van der Waals surface area contributed by atoms with E-state index in [-0.39, 0.29) is 41.6 Å². The van der Waals surface area contributed by atoms with Gasteiger partial charge in [0.1, 0.15) is 5.15 Å². The van der Waals surface area contributed by atoms with Crippen LogP contribution < -0.4 is 5.32 Å². The number of furan rings is 1. The lowest BCUT2D eigenvalue weighted by atomic mass is 10.1. The Kier molecular flexibility index (Phi) is 5.64. The molecule has 3 aromatic rings. The number of carbonyl (C=O) groups excluding carboxylic acids is 2. The average Bonchev–Trinajstić information content (AvgIpc) is 3.43. The highest BCUT2D eigenvalue weighted by Gasteiger charge is 2.39. The summed E-state index contributed by atoms with van der Waals surface area (Å²) in [6, 6.07) is 1.95. The smallest absolute Gasteiger partial charge is 0.420 e. The Labute approximate surface area is 196 Å². The van der Waals surface area contributed by atoms with Crippen molar-refractivity contribution >= 4 is 29.2 Å². The third-order valence-corrected chi connectivity index (χ3v) is 6.18. The Morgan fingerprint density at radius 2 is 1.88 bits per heavy atom. The molecule has 0 unspecified atom stereocenters. The van der Waals surface area contributed by atoms with Crippen LogP contribution in [0.1, 0.15) is 16.1 Å². The van der Waals surface area contributed by atoms with E-state index >= 15 is 0 Å². The highest BCUT2D eigenvalue weighted by atomic mass is 35.5. The number of fused-ring (bicyclic) bond motifs is 1. The van der Waals surface area contributed by atoms with Gasteiger partial charge in [0, 0.05) is 43.5 Å². The number of halogens is 4. The number of imidazole rings is 1. The summed E-state index contributed by atoms with van der Waals surface area (Å²) in [7, 11) is 0. The molecule has 3 amide bonds. The maximum absolute atomic E-state index is 13.8. The zero-order chi connectivity index (χ0) is 24.0. The minimum Gasteiger partial charge on any atom is -0.472 e. The van der Waals surface area contributed by atoms with E-state index in [2.05, 4.69) is 10.3 Å². The molecule has 2 aliphatic rings. The van der Waals surface area contributed by atoms with Crippen LogP contribution in [-0.4, -0.2) is 76.6 Å². The maximum Gasteiger partial charge on any atom is 0.420 e. The molecule has 0 aliphatic carbocycles. The van der Waals surface area contributed by atoms with Gasteiger partial charge >= 0.3 is 12.2 Å². The average molecular weight is 498 g/mol. The van der Waals surface area contributed by atoms with Gasteiger partial charge in [-0.15, -0.1) is 0 Å². The van der Waals surface area contributed by atoms with Crippen molar-refractivity contribution < 1.29 is 31.9 Å². The van der Waals surface area contributed by atoms with Gasteiger partial charge in [0.2, 0.25) is 0 Å². The predicted molar refractivity (Wildman–Crippen MR) is 114 cm³/mol. The number of nitrogens with zero attached hydrogens (tertiary/aromatic N) is 4. The molecule has 0 aromatic carbocycles. The number of rotatable bonds is 3. The van der Waals surface area contributed by atoms with Crippen molar-refractivity contribution in [1.29, 1.82) is 0 Å². The zero-order valence-corrected chi connectivity index (χ0v) is 18.4. The van der Waals surface area contributed by atoms with Gasteiger partial charge in [-0.2, -0.15) is 13.2 Å². The van der Waals surface area contributed by atoms with Crippen molar-refractivity contribution in [2.75, 3.05) is 39.4 Å². The molecule has 3 aromatic heterocycles. The molecule has 0 radical (unpaired) electrons. The minimum atomic E-state index is -4.72. The summed E-state index contributed by atoms with van der Waals surface area (Å²) in [6.45, 7) is 2.31. The van der Waals surface area contributed by atoms with Gasteiger partial charge in [-0.05, 0) is 12.1 Å². The quantitative estimate of drug-likeness (QED) is 0.600. The van der Waals surface area contributed by atoms with Crippen LogP contribution in [0.25, 0.3) is 16.8 Å². The van der Waals surface area contributed by atoms with Crippen LogP contribution in [0.15, 0.2) is 35.3 Å². The lowest BCUT2D eigenvalue weighted by Crippen LogP contribution is -2.63. The van der Waals surface area contributed by atoms with E-state index < -0.39 is 23.3 Å². The molecule has 9 nitrogen and oxygen atoms in total.